The Kier molecular flexibility index (Phi) is 3.64. The molecule has 4 nitrogen and oxygen atoms in total. The lowest BCUT2D eigenvalue weighted by atomic mass is 10.0. The Labute approximate surface area is 124 Å². The van der Waals surface area contributed by atoms with Crippen LogP contribution in [0.25, 0.3) is 11.3 Å². The van der Waals surface area contributed by atoms with Crippen LogP contribution in [0.4, 0.5) is 0 Å². The van der Waals surface area contributed by atoms with Crippen molar-refractivity contribution in [2.24, 2.45) is 7.05 Å². The van der Waals surface area contributed by atoms with Gasteiger partial charge in [-0.3, -0.25) is 4.79 Å². The summed E-state index contributed by atoms with van der Waals surface area (Å²) in [5.41, 5.74) is 5.14. The SMILES string of the molecule is Cc1ccc(-c2cc(CNC3CC3)c(=O)n(C)n2)c(C)c1. The van der Waals surface area contributed by atoms with Crippen LogP contribution in [0, 0.1) is 13.8 Å². The standard InChI is InChI=1S/C17H21N3O/c1-11-4-7-15(12(2)8-11)16-9-13(10-18-14-5-6-14)17(21)20(3)19-16/h4,7-9,14,18H,5-6,10H2,1-3H3. The minimum absolute atomic E-state index is 0.0170. The first-order valence-corrected chi connectivity index (χ1v) is 7.43. The summed E-state index contributed by atoms with van der Waals surface area (Å²) in [7, 11) is 1.72. The molecule has 0 amide bonds. The highest BCUT2D eigenvalue weighted by Crippen LogP contribution is 2.23. The minimum atomic E-state index is -0.0170. The zero-order chi connectivity index (χ0) is 15.0. The van der Waals surface area contributed by atoms with E-state index in [1.54, 1.807) is 7.05 Å². The number of hydrogen-bond acceptors (Lipinski definition) is 3. The van der Waals surface area contributed by atoms with Crippen molar-refractivity contribution >= 4 is 0 Å². The maximum Gasteiger partial charge on any atom is 0.271 e. The topological polar surface area (TPSA) is 46.9 Å². The fourth-order valence-electron chi connectivity index (χ4n) is 2.57. The largest absolute Gasteiger partial charge is 0.310 e. The third kappa shape index (κ3) is 3.05. The van der Waals surface area contributed by atoms with Gasteiger partial charge < -0.3 is 5.32 Å². The molecule has 110 valence electrons. The van der Waals surface area contributed by atoms with Crippen LogP contribution in [0.1, 0.15) is 29.5 Å². The summed E-state index contributed by atoms with van der Waals surface area (Å²) in [6, 6.07) is 8.82. The van der Waals surface area contributed by atoms with Gasteiger partial charge >= 0.3 is 0 Å². The molecule has 1 N–H and O–H groups in total. The van der Waals surface area contributed by atoms with Gasteiger partial charge in [-0.2, -0.15) is 5.10 Å². The molecule has 0 aliphatic heterocycles. The maximum absolute atomic E-state index is 12.2. The fraction of sp³-hybridized carbons (Fsp3) is 0.412. The fourth-order valence-corrected chi connectivity index (χ4v) is 2.57. The Balaban J connectivity index is 1.99. The summed E-state index contributed by atoms with van der Waals surface area (Å²) >= 11 is 0. The van der Waals surface area contributed by atoms with Crippen molar-refractivity contribution in [2.45, 2.75) is 39.3 Å². The van der Waals surface area contributed by atoms with E-state index >= 15 is 0 Å². The van der Waals surface area contributed by atoms with Gasteiger partial charge in [0, 0.05) is 30.8 Å². The second-order valence-electron chi connectivity index (χ2n) is 5.96. The number of benzene rings is 1. The van der Waals surface area contributed by atoms with Crippen molar-refractivity contribution in [1.29, 1.82) is 0 Å². The Morgan fingerprint density at radius 2 is 2.05 bits per heavy atom. The molecule has 0 saturated heterocycles. The van der Waals surface area contributed by atoms with Gasteiger partial charge in [0.2, 0.25) is 0 Å². The van der Waals surface area contributed by atoms with Crippen LogP contribution >= 0.6 is 0 Å². The quantitative estimate of drug-likeness (QED) is 0.936. The summed E-state index contributed by atoms with van der Waals surface area (Å²) in [5.74, 6) is 0. The van der Waals surface area contributed by atoms with Crippen molar-refractivity contribution in [1.82, 2.24) is 15.1 Å². The lowest BCUT2D eigenvalue weighted by molar-refractivity contribution is 0.648. The summed E-state index contributed by atoms with van der Waals surface area (Å²) in [4.78, 5) is 12.2. The third-order valence-electron chi connectivity index (χ3n) is 3.95. The molecule has 1 fully saturated rings. The van der Waals surface area contributed by atoms with Crippen LogP contribution in [0.3, 0.4) is 0 Å². The number of aromatic nitrogens is 2. The van der Waals surface area contributed by atoms with Crippen molar-refractivity contribution in [3.05, 3.63) is 51.3 Å². The highest BCUT2D eigenvalue weighted by Gasteiger charge is 2.21. The Morgan fingerprint density at radius 1 is 1.29 bits per heavy atom. The lowest BCUT2D eigenvalue weighted by Gasteiger charge is -2.10. The van der Waals surface area contributed by atoms with Gasteiger partial charge in [0.1, 0.15) is 0 Å². The van der Waals surface area contributed by atoms with Gasteiger partial charge in [0.25, 0.3) is 5.56 Å². The predicted octanol–water partition coefficient (Wildman–Crippen LogP) is 2.32. The Hall–Kier alpha value is -1.94. The molecule has 1 aliphatic rings. The van der Waals surface area contributed by atoms with E-state index in [4.69, 9.17) is 0 Å². The van der Waals surface area contributed by atoms with Crippen molar-refractivity contribution in [3.63, 3.8) is 0 Å². The molecular formula is C17H21N3O. The number of nitrogens with one attached hydrogen (secondary N) is 1. The molecule has 2 aromatic rings. The summed E-state index contributed by atoms with van der Waals surface area (Å²) < 4.78 is 1.44. The average molecular weight is 283 g/mol. The maximum atomic E-state index is 12.2. The Morgan fingerprint density at radius 3 is 2.71 bits per heavy atom. The van der Waals surface area contributed by atoms with E-state index in [-0.39, 0.29) is 5.56 Å². The lowest BCUT2D eigenvalue weighted by Crippen LogP contribution is -2.28. The van der Waals surface area contributed by atoms with Crippen molar-refractivity contribution in [3.8, 4) is 11.3 Å². The molecular weight excluding hydrogens is 262 g/mol. The van der Waals surface area contributed by atoms with Gasteiger partial charge in [0.15, 0.2) is 0 Å². The predicted molar refractivity (Wildman–Crippen MR) is 84.2 cm³/mol. The van der Waals surface area contributed by atoms with E-state index in [9.17, 15) is 4.79 Å². The smallest absolute Gasteiger partial charge is 0.271 e. The van der Waals surface area contributed by atoms with E-state index in [2.05, 4.69) is 42.5 Å². The first kappa shape index (κ1) is 14.0. The van der Waals surface area contributed by atoms with Gasteiger partial charge in [-0.05, 0) is 38.3 Å². The van der Waals surface area contributed by atoms with Crippen LogP contribution in [-0.4, -0.2) is 15.8 Å². The molecule has 21 heavy (non-hydrogen) atoms. The summed E-state index contributed by atoms with van der Waals surface area (Å²) in [6.07, 6.45) is 2.44. The van der Waals surface area contributed by atoms with Crippen LogP contribution < -0.4 is 10.9 Å². The third-order valence-corrected chi connectivity index (χ3v) is 3.95. The summed E-state index contributed by atoms with van der Waals surface area (Å²) in [6.45, 7) is 4.78. The molecule has 1 heterocycles. The van der Waals surface area contributed by atoms with E-state index < -0.39 is 0 Å². The second-order valence-corrected chi connectivity index (χ2v) is 5.96. The van der Waals surface area contributed by atoms with Crippen LogP contribution in [-0.2, 0) is 13.6 Å². The first-order chi connectivity index (χ1) is 10.0. The highest BCUT2D eigenvalue weighted by atomic mass is 16.1. The van der Waals surface area contributed by atoms with E-state index in [1.807, 2.05) is 6.07 Å². The molecule has 0 radical (unpaired) electrons. The Bertz CT molecular complexity index is 729. The number of rotatable bonds is 4. The molecule has 3 rings (SSSR count). The zero-order valence-corrected chi connectivity index (χ0v) is 12.8. The normalized spacial score (nSPS) is 14.4. The minimum Gasteiger partial charge on any atom is -0.310 e. The van der Waals surface area contributed by atoms with Crippen molar-refractivity contribution < 1.29 is 0 Å². The van der Waals surface area contributed by atoms with Gasteiger partial charge in [-0.1, -0.05) is 23.8 Å². The molecule has 0 unspecified atom stereocenters. The zero-order valence-electron chi connectivity index (χ0n) is 12.8. The molecule has 4 heteroatoms. The van der Waals surface area contributed by atoms with Gasteiger partial charge in [-0.25, -0.2) is 4.68 Å². The molecule has 1 saturated carbocycles. The average Bonchev–Trinajstić information content (AvgIpc) is 3.24. The molecule has 1 aliphatic carbocycles. The van der Waals surface area contributed by atoms with Crippen LogP contribution in [0.2, 0.25) is 0 Å². The highest BCUT2D eigenvalue weighted by molar-refractivity contribution is 5.64. The van der Waals surface area contributed by atoms with Gasteiger partial charge in [0.05, 0.1) is 5.69 Å². The van der Waals surface area contributed by atoms with E-state index in [1.165, 1.54) is 28.7 Å². The van der Waals surface area contributed by atoms with E-state index in [0.717, 1.165) is 16.8 Å². The first-order valence-electron chi connectivity index (χ1n) is 7.43. The van der Waals surface area contributed by atoms with Crippen molar-refractivity contribution in [2.75, 3.05) is 0 Å². The molecule has 1 aromatic heterocycles. The van der Waals surface area contributed by atoms with Gasteiger partial charge in [-0.15, -0.1) is 0 Å². The molecule has 0 bridgehead atoms. The monoisotopic (exact) mass is 283 g/mol. The van der Waals surface area contributed by atoms with Crippen LogP contribution in [0.5, 0.6) is 0 Å². The number of hydrogen-bond donors (Lipinski definition) is 1. The number of aryl methyl sites for hydroxylation is 3. The second kappa shape index (κ2) is 5.45. The molecule has 0 spiro atoms. The molecule has 0 atom stereocenters. The summed E-state index contributed by atoms with van der Waals surface area (Å²) in [5, 5.41) is 7.82. The molecule has 1 aromatic carbocycles. The number of nitrogens with zero attached hydrogens (tertiary/aromatic N) is 2. The van der Waals surface area contributed by atoms with E-state index in [0.29, 0.717) is 12.6 Å². The van der Waals surface area contributed by atoms with Crippen LogP contribution in [0.15, 0.2) is 29.1 Å².